The molecule has 0 aliphatic heterocycles. The lowest BCUT2D eigenvalue weighted by molar-refractivity contribution is 0.1000. The molecule has 0 unspecified atom stereocenters. The summed E-state index contributed by atoms with van der Waals surface area (Å²) in [5.41, 5.74) is 11.3. The van der Waals surface area contributed by atoms with Crippen molar-refractivity contribution in [1.82, 2.24) is 4.57 Å². The number of benzene rings is 2. The Kier molecular flexibility index (Phi) is 5.13. The van der Waals surface area contributed by atoms with Crippen LogP contribution < -0.4 is 5.73 Å². The van der Waals surface area contributed by atoms with Gasteiger partial charge in [-0.2, -0.15) is 0 Å². The summed E-state index contributed by atoms with van der Waals surface area (Å²) >= 11 is 0. The van der Waals surface area contributed by atoms with Crippen LogP contribution in [0.5, 0.6) is 0 Å². The van der Waals surface area contributed by atoms with Crippen LogP contribution in [0.1, 0.15) is 39.8 Å². The van der Waals surface area contributed by atoms with Crippen molar-refractivity contribution in [2.45, 2.75) is 33.7 Å². The third-order valence-electron chi connectivity index (χ3n) is 4.88. The van der Waals surface area contributed by atoms with Gasteiger partial charge in [0.25, 0.3) is 5.91 Å². The van der Waals surface area contributed by atoms with Gasteiger partial charge < -0.3 is 10.3 Å². The number of amides is 1. The number of hydrogen-bond donors (Lipinski definition) is 1. The van der Waals surface area contributed by atoms with E-state index in [-0.39, 0.29) is 0 Å². The van der Waals surface area contributed by atoms with Crippen molar-refractivity contribution in [1.29, 1.82) is 0 Å². The molecule has 1 heterocycles. The minimum absolute atomic E-state index is 0.332. The standard InChI is InChI=1S/C22H22F2N2O/c1-4-19-21(16-8-5-13(2)6-9-16)20(22(25)27)14(3)26(19)12-15-7-10-17(23)18(24)11-15/h5-11H,4,12H2,1-3H3,(H2,25,27). The Morgan fingerprint density at radius 3 is 2.26 bits per heavy atom. The molecular formula is C22H22F2N2O. The fourth-order valence-corrected chi connectivity index (χ4v) is 3.53. The molecule has 27 heavy (non-hydrogen) atoms. The van der Waals surface area contributed by atoms with Crippen LogP contribution in [0.2, 0.25) is 0 Å². The second-order valence-electron chi connectivity index (χ2n) is 6.70. The summed E-state index contributed by atoms with van der Waals surface area (Å²) < 4.78 is 28.8. The van der Waals surface area contributed by atoms with Gasteiger partial charge >= 0.3 is 0 Å². The number of hydrogen-bond acceptors (Lipinski definition) is 1. The van der Waals surface area contributed by atoms with Gasteiger partial charge in [-0.3, -0.25) is 4.79 Å². The summed E-state index contributed by atoms with van der Waals surface area (Å²) in [4.78, 5) is 12.2. The van der Waals surface area contributed by atoms with Crippen LogP contribution in [0.4, 0.5) is 8.78 Å². The predicted molar refractivity (Wildman–Crippen MR) is 103 cm³/mol. The number of rotatable bonds is 5. The van der Waals surface area contributed by atoms with Gasteiger partial charge in [-0.25, -0.2) is 8.78 Å². The Morgan fingerprint density at radius 1 is 1.04 bits per heavy atom. The SMILES string of the molecule is CCc1c(-c2ccc(C)cc2)c(C(N)=O)c(C)n1Cc1ccc(F)c(F)c1. The molecule has 1 amide bonds. The van der Waals surface area contributed by atoms with E-state index in [0.29, 0.717) is 24.1 Å². The van der Waals surface area contributed by atoms with Crippen LogP contribution in [0, 0.1) is 25.5 Å². The number of aromatic nitrogens is 1. The summed E-state index contributed by atoms with van der Waals surface area (Å²) in [6.07, 6.45) is 0.668. The molecule has 0 radical (unpaired) electrons. The van der Waals surface area contributed by atoms with Crippen LogP contribution in [0.25, 0.3) is 11.1 Å². The molecule has 3 nitrogen and oxygen atoms in total. The molecule has 0 bridgehead atoms. The highest BCUT2D eigenvalue weighted by Gasteiger charge is 2.24. The van der Waals surface area contributed by atoms with Crippen molar-refractivity contribution in [3.05, 3.63) is 82.2 Å². The van der Waals surface area contributed by atoms with Gasteiger partial charge in [-0.05, 0) is 43.5 Å². The highest BCUT2D eigenvalue weighted by atomic mass is 19.2. The van der Waals surface area contributed by atoms with Crippen molar-refractivity contribution in [3.8, 4) is 11.1 Å². The molecule has 5 heteroatoms. The lowest BCUT2D eigenvalue weighted by Crippen LogP contribution is -2.13. The molecule has 0 spiro atoms. The maximum Gasteiger partial charge on any atom is 0.251 e. The van der Waals surface area contributed by atoms with E-state index in [1.165, 1.54) is 6.07 Å². The fraction of sp³-hybridized carbons (Fsp3) is 0.227. The average molecular weight is 368 g/mol. The zero-order chi connectivity index (χ0) is 19.7. The van der Waals surface area contributed by atoms with Crippen molar-refractivity contribution in [3.63, 3.8) is 0 Å². The van der Waals surface area contributed by atoms with Crippen molar-refractivity contribution in [2.24, 2.45) is 5.73 Å². The van der Waals surface area contributed by atoms with E-state index >= 15 is 0 Å². The third-order valence-corrected chi connectivity index (χ3v) is 4.88. The van der Waals surface area contributed by atoms with Crippen LogP contribution in [0.3, 0.4) is 0 Å². The number of carbonyl (C=O) groups excluding carboxylic acids is 1. The van der Waals surface area contributed by atoms with E-state index in [4.69, 9.17) is 5.73 Å². The van der Waals surface area contributed by atoms with Gasteiger partial charge in [0, 0.05) is 23.5 Å². The zero-order valence-corrected chi connectivity index (χ0v) is 15.6. The molecule has 0 atom stereocenters. The first kappa shape index (κ1) is 18.8. The number of primary amides is 1. The molecule has 0 saturated heterocycles. The largest absolute Gasteiger partial charge is 0.366 e. The van der Waals surface area contributed by atoms with Crippen molar-refractivity contribution in [2.75, 3.05) is 0 Å². The average Bonchev–Trinajstić information content (AvgIpc) is 2.91. The first-order chi connectivity index (χ1) is 12.8. The van der Waals surface area contributed by atoms with Crippen LogP contribution in [-0.4, -0.2) is 10.5 Å². The molecule has 0 fully saturated rings. The van der Waals surface area contributed by atoms with Gasteiger partial charge in [-0.15, -0.1) is 0 Å². The Morgan fingerprint density at radius 2 is 1.70 bits per heavy atom. The molecule has 2 N–H and O–H groups in total. The maximum absolute atomic E-state index is 13.6. The summed E-state index contributed by atoms with van der Waals surface area (Å²) in [5, 5.41) is 0. The molecule has 3 aromatic rings. The quantitative estimate of drug-likeness (QED) is 0.693. The normalized spacial score (nSPS) is 11.0. The highest BCUT2D eigenvalue weighted by molar-refractivity contribution is 6.02. The molecule has 1 aromatic heterocycles. The summed E-state index contributed by atoms with van der Waals surface area (Å²) in [5.74, 6) is -2.26. The van der Waals surface area contributed by atoms with Crippen molar-refractivity contribution < 1.29 is 13.6 Å². The maximum atomic E-state index is 13.6. The molecule has 140 valence electrons. The summed E-state index contributed by atoms with van der Waals surface area (Å²) in [7, 11) is 0. The number of nitrogens with two attached hydrogens (primary N) is 1. The second kappa shape index (κ2) is 7.35. The number of halogens is 2. The van der Waals surface area contributed by atoms with E-state index in [0.717, 1.165) is 34.1 Å². The lowest BCUT2D eigenvalue weighted by Gasteiger charge is -2.12. The molecule has 3 rings (SSSR count). The van der Waals surface area contributed by atoms with Crippen LogP contribution in [-0.2, 0) is 13.0 Å². The van der Waals surface area contributed by atoms with Gasteiger partial charge in [0.15, 0.2) is 11.6 Å². The van der Waals surface area contributed by atoms with Crippen molar-refractivity contribution >= 4 is 5.91 Å². The smallest absolute Gasteiger partial charge is 0.251 e. The number of carbonyl (C=O) groups is 1. The van der Waals surface area contributed by atoms with E-state index in [9.17, 15) is 13.6 Å². The second-order valence-corrected chi connectivity index (χ2v) is 6.70. The first-order valence-electron chi connectivity index (χ1n) is 8.86. The van der Waals surface area contributed by atoms with Gasteiger partial charge in [0.1, 0.15) is 0 Å². The Bertz CT molecular complexity index is 1000. The molecule has 0 aliphatic carbocycles. The first-order valence-corrected chi connectivity index (χ1v) is 8.86. The number of nitrogens with zero attached hydrogens (tertiary/aromatic N) is 1. The number of aryl methyl sites for hydroxylation is 1. The zero-order valence-electron chi connectivity index (χ0n) is 15.6. The van der Waals surface area contributed by atoms with Gasteiger partial charge in [0.05, 0.1) is 5.56 Å². The minimum atomic E-state index is -0.885. The third kappa shape index (κ3) is 3.50. The highest BCUT2D eigenvalue weighted by Crippen LogP contribution is 2.34. The van der Waals surface area contributed by atoms with E-state index in [1.807, 2.05) is 49.6 Å². The molecule has 0 saturated carbocycles. The predicted octanol–water partition coefficient (Wildman–Crippen LogP) is 4.76. The van der Waals surface area contributed by atoms with Gasteiger partial charge in [-0.1, -0.05) is 42.8 Å². The van der Waals surface area contributed by atoms with Gasteiger partial charge in [0.2, 0.25) is 0 Å². The summed E-state index contributed by atoms with van der Waals surface area (Å²) in [6, 6.07) is 11.8. The Labute approximate surface area is 157 Å². The summed E-state index contributed by atoms with van der Waals surface area (Å²) in [6.45, 7) is 6.16. The molecule has 2 aromatic carbocycles. The minimum Gasteiger partial charge on any atom is -0.366 e. The van der Waals surface area contributed by atoms with E-state index in [2.05, 4.69) is 0 Å². The topological polar surface area (TPSA) is 48.0 Å². The van der Waals surface area contributed by atoms with E-state index < -0.39 is 17.5 Å². The monoisotopic (exact) mass is 368 g/mol. The fourth-order valence-electron chi connectivity index (χ4n) is 3.53. The van der Waals surface area contributed by atoms with Crippen LogP contribution >= 0.6 is 0 Å². The van der Waals surface area contributed by atoms with E-state index in [1.54, 1.807) is 6.07 Å². The Balaban J connectivity index is 2.19. The molecule has 0 aliphatic rings. The Hall–Kier alpha value is -2.95. The lowest BCUT2D eigenvalue weighted by atomic mass is 9.98. The molecular weight excluding hydrogens is 346 g/mol. The van der Waals surface area contributed by atoms with Crippen LogP contribution in [0.15, 0.2) is 42.5 Å².